The second-order valence-corrected chi connectivity index (χ2v) is 6.38. The lowest BCUT2D eigenvalue weighted by Gasteiger charge is -2.31. The Morgan fingerprint density at radius 1 is 1.22 bits per heavy atom. The Hall–Kier alpha value is -1.88. The van der Waals surface area contributed by atoms with Crippen molar-refractivity contribution >= 4 is 11.8 Å². The van der Waals surface area contributed by atoms with Gasteiger partial charge in [-0.15, -0.1) is 0 Å². The molecule has 1 heterocycles. The highest BCUT2D eigenvalue weighted by atomic mass is 16.3. The van der Waals surface area contributed by atoms with Gasteiger partial charge in [-0.3, -0.25) is 9.59 Å². The maximum Gasteiger partial charge on any atom is 0.256 e. The van der Waals surface area contributed by atoms with Crippen molar-refractivity contribution < 1.29 is 14.7 Å². The van der Waals surface area contributed by atoms with Gasteiger partial charge in [-0.2, -0.15) is 0 Å². The minimum absolute atomic E-state index is 0.0654. The van der Waals surface area contributed by atoms with Crippen molar-refractivity contribution in [3.8, 4) is 0 Å². The van der Waals surface area contributed by atoms with Gasteiger partial charge in [0.1, 0.15) is 0 Å². The van der Waals surface area contributed by atoms with Crippen molar-refractivity contribution in [2.75, 3.05) is 19.6 Å². The Bertz CT molecular complexity index is 538. The number of carbonyl (C=O) groups excluding carboxylic acids is 2. The molecule has 1 aliphatic rings. The molecule has 1 fully saturated rings. The molecule has 23 heavy (non-hydrogen) atoms. The van der Waals surface area contributed by atoms with Gasteiger partial charge in [0.05, 0.1) is 0 Å². The van der Waals surface area contributed by atoms with E-state index in [1.165, 1.54) is 0 Å². The van der Waals surface area contributed by atoms with Crippen LogP contribution in [0.1, 0.15) is 38.7 Å². The fraction of sp³-hybridized carbons (Fsp3) is 0.556. The second-order valence-electron chi connectivity index (χ2n) is 6.38. The third-order valence-corrected chi connectivity index (χ3v) is 4.48. The fourth-order valence-corrected chi connectivity index (χ4v) is 2.96. The van der Waals surface area contributed by atoms with Crippen molar-refractivity contribution in [2.45, 2.75) is 38.7 Å². The van der Waals surface area contributed by atoms with Crippen LogP contribution in [0, 0.1) is 5.92 Å². The number of hydrogen-bond acceptors (Lipinski definition) is 3. The van der Waals surface area contributed by atoms with Crippen molar-refractivity contribution in [3.63, 3.8) is 0 Å². The summed E-state index contributed by atoms with van der Waals surface area (Å²) >= 11 is 0. The summed E-state index contributed by atoms with van der Waals surface area (Å²) in [6, 6.07) is 8.93. The molecular weight excluding hydrogens is 292 g/mol. The maximum absolute atomic E-state index is 12.5. The molecule has 0 radical (unpaired) electrons. The molecule has 0 bridgehead atoms. The number of nitrogens with zero attached hydrogens (tertiary/aromatic N) is 1. The quantitative estimate of drug-likeness (QED) is 0.838. The van der Waals surface area contributed by atoms with Crippen LogP contribution in [-0.2, 0) is 15.2 Å². The van der Waals surface area contributed by atoms with E-state index in [2.05, 4.69) is 5.32 Å². The van der Waals surface area contributed by atoms with Crippen molar-refractivity contribution in [1.29, 1.82) is 0 Å². The highest BCUT2D eigenvalue weighted by Gasteiger charge is 2.40. The molecule has 0 unspecified atom stereocenters. The van der Waals surface area contributed by atoms with E-state index >= 15 is 0 Å². The van der Waals surface area contributed by atoms with E-state index in [1.807, 2.05) is 24.8 Å². The van der Waals surface area contributed by atoms with Crippen molar-refractivity contribution in [2.24, 2.45) is 5.92 Å². The van der Waals surface area contributed by atoms with Gasteiger partial charge in [-0.1, -0.05) is 44.2 Å². The summed E-state index contributed by atoms with van der Waals surface area (Å²) in [5.41, 5.74) is -1.02. The summed E-state index contributed by atoms with van der Waals surface area (Å²) in [7, 11) is 0. The summed E-state index contributed by atoms with van der Waals surface area (Å²) in [6.45, 7) is 5.49. The van der Waals surface area contributed by atoms with Crippen LogP contribution in [0.4, 0.5) is 0 Å². The van der Waals surface area contributed by atoms with Gasteiger partial charge in [0.25, 0.3) is 5.91 Å². The average molecular weight is 318 g/mol. The smallest absolute Gasteiger partial charge is 0.256 e. The predicted molar refractivity (Wildman–Crippen MR) is 88.6 cm³/mol. The summed E-state index contributed by atoms with van der Waals surface area (Å²) < 4.78 is 0. The molecule has 2 amide bonds. The molecule has 5 nitrogen and oxygen atoms in total. The number of likely N-dealkylation sites (tertiary alicyclic amines) is 1. The molecule has 1 aromatic carbocycles. The van der Waals surface area contributed by atoms with Crippen LogP contribution >= 0.6 is 0 Å². The Morgan fingerprint density at radius 3 is 2.39 bits per heavy atom. The third kappa shape index (κ3) is 3.91. The van der Waals surface area contributed by atoms with E-state index in [1.54, 1.807) is 24.3 Å². The van der Waals surface area contributed by atoms with E-state index in [0.29, 0.717) is 5.56 Å². The lowest BCUT2D eigenvalue weighted by atomic mass is 9.82. The summed E-state index contributed by atoms with van der Waals surface area (Å²) in [6.07, 6.45) is 2.38. The topological polar surface area (TPSA) is 69.6 Å². The average Bonchev–Trinajstić information content (AvgIpc) is 3.09. The van der Waals surface area contributed by atoms with E-state index in [0.717, 1.165) is 25.9 Å². The predicted octanol–water partition coefficient (Wildman–Crippen LogP) is 1.66. The standard InChI is InChI=1S/C18H26N2O3/c1-14(2)18(23,15-8-4-3-5-9-15)17(22)19-11-10-16(21)20-12-6-7-13-20/h3-5,8-9,14,23H,6-7,10-13H2,1-2H3,(H,19,22)/t18-/m1/s1. The normalized spacial score (nSPS) is 17.1. The molecule has 1 aromatic rings. The summed E-state index contributed by atoms with van der Waals surface area (Å²) in [5, 5.41) is 13.6. The number of rotatable bonds is 6. The first kappa shape index (κ1) is 17.5. The monoisotopic (exact) mass is 318 g/mol. The van der Waals surface area contributed by atoms with Crippen LogP contribution in [0.25, 0.3) is 0 Å². The van der Waals surface area contributed by atoms with E-state index in [-0.39, 0.29) is 24.8 Å². The van der Waals surface area contributed by atoms with Crippen LogP contribution in [0.15, 0.2) is 30.3 Å². The number of aliphatic hydroxyl groups is 1. The highest BCUT2D eigenvalue weighted by molar-refractivity contribution is 5.87. The van der Waals surface area contributed by atoms with Gasteiger partial charge >= 0.3 is 0 Å². The van der Waals surface area contributed by atoms with Gasteiger partial charge < -0.3 is 15.3 Å². The molecule has 0 spiro atoms. The number of hydrogen-bond donors (Lipinski definition) is 2. The largest absolute Gasteiger partial charge is 0.375 e. The Morgan fingerprint density at radius 2 is 1.83 bits per heavy atom. The van der Waals surface area contributed by atoms with E-state index < -0.39 is 11.5 Å². The zero-order chi connectivity index (χ0) is 16.9. The highest BCUT2D eigenvalue weighted by Crippen LogP contribution is 2.29. The lowest BCUT2D eigenvalue weighted by Crippen LogP contribution is -2.48. The van der Waals surface area contributed by atoms with Gasteiger partial charge in [-0.05, 0) is 24.3 Å². The molecule has 0 aromatic heterocycles. The molecule has 126 valence electrons. The first-order valence-corrected chi connectivity index (χ1v) is 8.30. The van der Waals surface area contributed by atoms with E-state index in [4.69, 9.17) is 0 Å². The molecule has 0 saturated carbocycles. The minimum Gasteiger partial charge on any atom is -0.375 e. The molecule has 5 heteroatoms. The second kappa shape index (κ2) is 7.59. The number of nitrogens with one attached hydrogen (secondary N) is 1. The molecule has 1 atom stereocenters. The van der Waals surface area contributed by atoms with Crippen LogP contribution in [0.3, 0.4) is 0 Å². The van der Waals surface area contributed by atoms with Gasteiger partial charge in [0.15, 0.2) is 5.60 Å². The van der Waals surface area contributed by atoms with E-state index in [9.17, 15) is 14.7 Å². The zero-order valence-electron chi connectivity index (χ0n) is 13.9. The van der Waals surface area contributed by atoms with Gasteiger partial charge in [0, 0.05) is 26.1 Å². The number of amides is 2. The first-order chi connectivity index (χ1) is 11.0. The van der Waals surface area contributed by atoms with Gasteiger partial charge in [-0.25, -0.2) is 0 Å². The SMILES string of the molecule is CC(C)[C@](O)(C(=O)NCCC(=O)N1CCCC1)c1ccccc1. The molecule has 2 N–H and O–H groups in total. The molecule has 0 aliphatic carbocycles. The molecule has 2 rings (SSSR count). The minimum atomic E-state index is -1.59. The van der Waals surface area contributed by atoms with Crippen molar-refractivity contribution in [3.05, 3.63) is 35.9 Å². The zero-order valence-corrected chi connectivity index (χ0v) is 13.9. The van der Waals surface area contributed by atoms with Crippen LogP contribution < -0.4 is 5.32 Å². The number of benzene rings is 1. The Kier molecular flexibility index (Phi) is 5.77. The summed E-state index contributed by atoms with van der Waals surface area (Å²) in [4.78, 5) is 26.3. The van der Waals surface area contributed by atoms with Crippen LogP contribution in [0.5, 0.6) is 0 Å². The van der Waals surface area contributed by atoms with Crippen LogP contribution in [-0.4, -0.2) is 41.5 Å². The third-order valence-electron chi connectivity index (χ3n) is 4.48. The summed E-state index contributed by atoms with van der Waals surface area (Å²) in [5.74, 6) is -0.664. The van der Waals surface area contributed by atoms with Gasteiger partial charge in [0.2, 0.25) is 5.91 Å². The fourth-order valence-electron chi connectivity index (χ4n) is 2.96. The lowest BCUT2D eigenvalue weighted by molar-refractivity contribution is -0.146. The Balaban J connectivity index is 1.95. The molecular formula is C18H26N2O3. The van der Waals surface area contributed by atoms with Crippen LogP contribution in [0.2, 0.25) is 0 Å². The number of carbonyl (C=O) groups is 2. The maximum atomic E-state index is 12.5. The Labute approximate surface area is 137 Å². The molecule has 1 aliphatic heterocycles. The molecule has 1 saturated heterocycles. The van der Waals surface area contributed by atoms with Crippen molar-refractivity contribution in [1.82, 2.24) is 10.2 Å². The first-order valence-electron chi connectivity index (χ1n) is 8.30.